The van der Waals surface area contributed by atoms with E-state index in [2.05, 4.69) is 10.1 Å². The van der Waals surface area contributed by atoms with Gasteiger partial charge in [0.25, 0.3) is 0 Å². The number of ether oxygens (including phenoxy) is 1. The van der Waals surface area contributed by atoms with Gasteiger partial charge in [0, 0.05) is 25.2 Å². The smallest absolute Gasteiger partial charge is 0.387 e. The highest BCUT2D eigenvalue weighted by molar-refractivity contribution is 5.85. The van der Waals surface area contributed by atoms with Gasteiger partial charge in [0.1, 0.15) is 5.75 Å². The van der Waals surface area contributed by atoms with Gasteiger partial charge in [-0.1, -0.05) is 12.1 Å². The van der Waals surface area contributed by atoms with Crippen molar-refractivity contribution < 1.29 is 18.3 Å². The molecule has 1 aromatic carbocycles. The van der Waals surface area contributed by atoms with E-state index in [1.807, 2.05) is 4.90 Å². The molecule has 0 radical (unpaired) electrons. The van der Waals surface area contributed by atoms with Gasteiger partial charge in [0.15, 0.2) is 0 Å². The van der Waals surface area contributed by atoms with Gasteiger partial charge in [0.05, 0.1) is 6.42 Å². The number of carbonyl (C=O) groups is 1. The van der Waals surface area contributed by atoms with Crippen LogP contribution in [-0.4, -0.2) is 42.6 Å². The first-order valence-electron chi connectivity index (χ1n) is 7.68. The van der Waals surface area contributed by atoms with Crippen LogP contribution >= 0.6 is 12.4 Å². The summed E-state index contributed by atoms with van der Waals surface area (Å²) < 4.78 is 28.5. The Bertz CT molecular complexity index is 527. The molecule has 2 unspecified atom stereocenters. The van der Waals surface area contributed by atoms with Crippen molar-refractivity contribution in [2.24, 2.45) is 0 Å². The molecule has 2 aliphatic heterocycles. The van der Waals surface area contributed by atoms with Crippen molar-refractivity contribution in [2.45, 2.75) is 44.4 Å². The Hall–Kier alpha value is -1.40. The summed E-state index contributed by atoms with van der Waals surface area (Å²) in [5, 5.41) is 3.55. The minimum atomic E-state index is -2.83. The summed E-state index contributed by atoms with van der Waals surface area (Å²) in [6.45, 7) is -1.27. The maximum absolute atomic E-state index is 12.4. The van der Waals surface area contributed by atoms with E-state index in [4.69, 9.17) is 0 Å². The molecule has 0 saturated carbocycles. The SMILES string of the molecule is Cl.O=C(Cc1ccc(OC(F)F)cc1)N1CCC2CCC(C1)N2. The van der Waals surface area contributed by atoms with Crippen molar-refractivity contribution in [3.8, 4) is 5.75 Å². The van der Waals surface area contributed by atoms with E-state index in [0.29, 0.717) is 18.5 Å². The zero-order valence-electron chi connectivity index (χ0n) is 12.7. The van der Waals surface area contributed by atoms with Gasteiger partial charge < -0.3 is 15.0 Å². The molecule has 23 heavy (non-hydrogen) atoms. The van der Waals surface area contributed by atoms with Crippen LogP contribution in [0.2, 0.25) is 0 Å². The topological polar surface area (TPSA) is 41.6 Å². The number of nitrogens with one attached hydrogen (secondary N) is 1. The number of fused-ring (bicyclic) bond motifs is 2. The molecule has 1 aromatic rings. The molecule has 0 spiro atoms. The predicted molar refractivity (Wildman–Crippen MR) is 85.2 cm³/mol. The van der Waals surface area contributed by atoms with Crippen LogP contribution in [0.4, 0.5) is 8.78 Å². The largest absolute Gasteiger partial charge is 0.435 e. The van der Waals surface area contributed by atoms with Crippen molar-refractivity contribution in [1.29, 1.82) is 0 Å². The molecule has 128 valence electrons. The lowest BCUT2D eigenvalue weighted by Gasteiger charge is -2.24. The van der Waals surface area contributed by atoms with Crippen molar-refractivity contribution in [2.75, 3.05) is 13.1 Å². The molecule has 1 amide bonds. The van der Waals surface area contributed by atoms with Gasteiger partial charge >= 0.3 is 6.61 Å². The first kappa shape index (κ1) is 17.9. The monoisotopic (exact) mass is 346 g/mol. The zero-order chi connectivity index (χ0) is 15.5. The fraction of sp³-hybridized carbons (Fsp3) is 0.562. The summed E-state index contributed by atoms with van der Waals surface area (Å²) >= 11 is 0. The number of carbonyl (C=O) groups excluding carboxylic acids is 1. The van der Waals surface area contributed by atoms with Crippen LogP contribution in [0.5, 0.6) is 5.75 Å². The molecule has 7 heteroatoms. The molecule has 0 aromatic heterocycles. The first-order valence-corrected chi connectivity index (χ1v) is 7.68. The maximum atomic E-state index is 12.4. The minimum Gasteiger partial charge on any atom is -0.435 e. The van der Waals surface area contributed by atoms with Crippen molar-refractivity contribution in [3.05, 3.63) is 29.8 Å². The summed E-state index contributed by atoms with van der Waals surface area (Å²) in [5.41, 5.74) is 0.814. The molecule has 2 saturated heterocycles. The molecule has 2 bridgehead atoms. The van der Waals surface area contributed by atoms with E-state index in [1.165, 1.54) is 18.6 Å². The number of hydrogen-bond donors (Lipinski definition) is 1. The highest BCUT2D eigenvalue weighted by Gasteiger charge is 2.30. The predicted octanol–water partition coefficient (Wildman–Crippen LogP) is 2.61. The quantitative estimate of drug-likeness (QED) is 0.911. The van der Waals surface area contributed by atoms with Crippen LogP contribution in [-0.2, 0) is 11.2 Å². The van der Waals surface area contributed by atoms with Gasteiger partial charge in [-0.05, 0) is 37.0 Å². The number of hydrogen-bond acceptors (Lipinski definition) is 3. The van der Waals surface area contributed by atoms with Crippen LogP contribution in [0.15, 0.2) is 24.3 Å². The number of halogens is 3. The van der Waals surface area contributed by atoms with Gasteiger partial charge in [-0.15, -0.1) is 12.4 Å². The Morgan fingerprint density at radius 3 is 2.61 bits per heavy atom. The lowest BCUT2D eigenvalue weighted by Crippen LogP contribution is -2.39. The number of alkyl halides is 2. The van der Waals surface area contributed by atoms with Crippen molar-refractivity contribution in [3.63, 3.8) is 0 Å². The minimum absolute atomic E-state index is 0. The van der Waals surface area contributed by atoms with Crippen molar-refractivity contribution in [1.82, 2.24) is 10.2 Å². The Kier molecular flexibility index (Phi) is 6.18. The van der Waals surface area contributed by atoms with E-state index in [-0.39, 0.29) is 24.1 Å². The highest BCUT2D eigenvalue weighted by Crippen LogP contribution is 2.21. The van der Waals surface area contributed by atoms with E-state index in [0.717, 1.165) is 31.5 Å². The third-order valence-corrected chi connectivity index (χ3v) is 4.38. The fourth-order valence-corrected chi connectivity index (χ4v) is 3.24. The first-order chi connectivity index (χ1) is 10.6. The summed E-state index contributed by atoms with van der Waals surface area (Å²) in [6.07, 6.45) is 3.64. The van der Waals surface area contributed by atoms with Gasteiger partial charge in [0.2, 0.25) is 5.91 Å². The van der Waals surface area contributed by atoms with Crippen molar-refractivity contribution >= 4 is 18.3 Å². The number of benzene rings is 1. The second-order valence-corrected chi connectivity index (χ2v) is 5.97. The van der Waals surface area contributed by atoms with Gasteiger partial charge in [-0.25, -0.2) is 0 Å². The second-order valence-electron chi connectivity index (χ2n) is 5.97. The fourth-order valence-electron chi connectivity index (χ4n) is 3.24. The van der Waals surface area contributed by atoms with E-state index in [9.17, 15) is 13.6 Å². The molecule has 1 N–H and O–H groups in total. The number of rotatable bonds is 4. The molecular weight excluding hydrogens is 326 g/mol. The zero-order valence-corrected chi connectivity index (χ0v) is 13.5. The average Bonchev–Trinajstić information content (AvgIpc) is 2.79. The van der Waals surface area contributed by atoms with Crippen LogP contribution in [0.1, 0.15) is 24.8 Å². The normalized spacial score (nSPS) is 23.3. The number of amides is 1. The van der Waals surface area contributed by atoms with Crippen LogP contribution in [0.25, 0.3) is 0 Å². The molecule has 2 atom stereocenters. The van der Waals surface area contributed by atoms with Gasteiger partial charge in [-0.3, -0.25) is 4.79 Å². The van der Waals surface area contributed by atoms with Crippen LogP contribution in [0, 0.1) is 0 Å². The summed E-state index contributed by atoms with van der Waals surface area (Å²) in [5.74, 6) is 0.208. The molecule has 4 nitrogen and oxygen atoms in total. The van der Waals surface area contributed by atoms with Gasteiger partial charge in [-0.2, -0.15) is 8.78 Å². The molecule has 3 rings (SSSR count). The number of nitrogens with zero attached hydrogens (tertiary/aromatic N) is 1. The highest BCUT2D eigenvalue weighted by atomic mass is 35.5. The summed E-state index contributed by atoms with van der Waals surface area (Å²) in [6, 6.07) is 7.24. The second kappa shape index (κ2) is 7.93. The lowest BCUT2D eigenvalue weighted by molar-refractivity contribution is -0.130. The Labute approximate surface area is 140 Å². The third-order valence-electron chi connectivity index (χ3n) is 4.38. The van der Waals surface area contributed by atoms with Crippen LogP contribution < -0.4 is 10.1 Å². The molecule has 2 aliphatic rings. The summed E-state index contributed by atoms with van der Waals surface area (Å²) in [7, 11) is 0. The Morgan fingerprint density at radius 1 is 1.22 bits per heavy atom. The Balaban J connectivity index is 0.00000192. The summed E-state index contributed by atoms with van der Waals surface area (Å²) in [4.78, 5) is 14.3. The van der Waals surface area contributed by atoms with E-state index in [1.54, 1.807) is 12.1 Å². The number of likely N-dealkylation sites (tertiary alicyclic amines) is 1. The standard InChI is InChI=1S/C16H20F2N2O2.ClH/c17-16(18)22-14-5-1-11(2-6-14)9-15(21)20-8-7-12-3-4-13(10-20)19-12;/h1-2,5-6,12-13,16,19H,3-4,7-10H2;1H. The Morgan fingerprint density at radius 2 is 1.91 bits per heavy atom. The third kappa shape index (κ3) is 4.78. The molecule has 2 heterocycles. The lowest BCUT2D eigenvalue weighted by atomic mass is 10.1. The van der Waals surface area contributed by atoms with E-state index >= 15 is 0 Å². The van der Waals surface area contributed by atoms with E-state index < -0.39 is 6.61 Å². The average molecular weight is 347 g/mol. The maximum Gasteiger partial charge on any atom is 0.387 e. The molecular formula is C16H21ClF2N2O2. The molecule has 0 aliphatic carbocycles. The van der Waals surface area contributed by atoms with Crippen LogP contribution in [0.3, 0.4) is 0 Å². The molecule has 2 fully saturated rings.